The highest BCUT2D eigenvalue weighted by Crippen LogP contribution is 2.22. The van der Waals surface area contributed by atoms with Crippen molar-refractivity contribution in [2.75, 3.05) is 32.6 Å². The van der Waals surface area contributed by atoms with Gasteiger partial charge in [-0.1, -0.05) is 0 Å². The molecule has 0 aliphatic carbocycles. The molecule has 1 aromatic rings. The third-order valence-corrected chi connectivity index (χ3v) is 3.27. The highest BCUT2D eigenvalue weighted by atomic mass is 16.5. The molecule has 100 valence electrons. The molecule has 1 fully saturated rings. The van der Waals surface area contributed by atoms with Gasteiger partial charge in [0.05, 0.1) is 6.61 Å². The number of methoxy groups -OCH3 is 1. The first kappa shape index (κ1) is 12.8. The summed E-state index contributed by atoms with van der Waals surface area (Å²) < 4.78 is 10.7. The number of aryl methyl sites for hydroxylation is 1. The minimum atomic E-state index is -0.429. The molecule has 1 aliphatic rings. The number of rotatable bonds is 4. The van der Waals surface area contributed by atoms with Gasteiger partial charge in [-0.25, -0.2) is 0 Å². The number of carbonyl (C=O) groups excluding carboxylic acids is 1. The van der Waals surface area contributed by atoms with E-state index in [1.165, 1.54) is 0 Å². The number of ether oxygens (including phenoxy) is 2. The number of carbonyl (C=O) groups is 1. The molecule has 0 spiro atoms. The van der Waals surface area contributed by atoms with Crippen LogP contribution in [0.2, 0.25) is 0 Å². The van der Waals surface area contributed by atoms with E-state index < -0.39 is 5.60 Å². The molecular formula is C11H18N4O3. The minimum absolute atomic E-state index is 0.208. The van der Waals surface area contributed by atoms with Crippen molar-refractivity contribution in [3.8, 4) is 0 Å². The first-order valence-electron chi connectivity index (χ1n) is 5.79. The first-order valence-corrected chi connectivity index (χ1v) is 5.79. The molecule has 1 amide bonds. The van der Waals surface area contributed by atoms with Crippen LogP contribution in [0.5, 0.6) is 0 Å². The predicted molar refractivity (Wildman–Crippen MR) is 65.2 cm³/mol. The lowest BCUT2D eigenvalue weighted by atomic mass is 10.0. The van der Waals surface area contributed by atoms with E-state index >= 15 is 0 Å². The van der Waals surface area contributed by atoms with Gasteiger partial charge in [-0.05, 0) is 6.92 Å². The number of amides is 1. The Morgan fingerprint density at radius 2 is 2.50 bits per heavy atom. The Morgan fingerprint density at radius 3 is 3.00 bits per heavy atom. The summed E-state index contributed by atoms with van der Waals surface area (Å²) in [5.74, 6) is -0.0405. The lowest BCUT2D eigenvalue weighted by Crippen LogP contribution is -2.45. The van der Waals surface area contributed by atoms with E-state index in [0.29, 0.717) is 31.0 Å². The highest BCUT2D eigenvalue weighted by Gasteiger charge is 2.35. The third-order valence-electron chi connectivity index (χ3n) is 3.27. The van der Waals surface area contributed by atoms with E-state index in [-0.39, 0.29) is 11.7 Å². The summed E-state index contributed by atoms with van der Waals surface area (Å²) in [6.07, 6.45) is 0.767. The van der Waals surface area contributed by atoms with Crippen LogP contribution in [-0.2, 0) is 9.47 Å². The van der Waals surface area contributed by atoms with Crippen molar-refractivity contribution in [3.05, 3.63) is 11.3 Å². The van der Waals surface area contributed by atoms with Crippen LogP contribution in [0.3, 0.4) is 0 Å². The first-order chi connectivity index (χ1) is 8.58. The number of anilines is 1. The number of nitrogens with zero attached hydrogens (tertiary/aromatic N) is 1. The Balaban J connectivity index is 2.00. The maximum absolute atomic E-state index is 12.0. The zero-order chi connectivity index (χ0) is 13.2. The van der Waals surface area contributed by atoms with Crippen LogP contribution >= 0.6 is 0 Å². The lowest BCUT2D eigenvalue weighted by molar-refractivity contribution is -0.0148. The Hall–Kier alpha value is -1.60. The van der Waals surface area contributed by atoms with Gasteiger partial charge in [0.25, 0.3) is 5.91 Å². The summed E-state index contributed by atoms with van der Waals surface area (Å²) in [5, 5.41) is 9.28. The monoisotopic (exact) mass is 254 g/mol. The fourth-order valence-electron chi connectivity index (χ4n) is 2.03. The Morgan fingerprint density at radius 1 is 1.72 bits per heavy atom. The molecule has 7 heteroatoms. The zero-order valence-corrected chi connectivity index (χ0v) is 10.6. The van der Waals surface area contributed by atoms with Crippen molar-refractivity contribution in [3.63, 3.8) is 0 Å². The molecule has 0 saturated carbocycles. The molecule has 1 atom stereocenters. The maximum Gasteiger partial charge on any atom is 0.257 e. The van der Waals surface area contributed by atoms with Gasteiger partial charge in [-0.15, -0.1) is 0 Å². The fraction of sp³-hybridized carbons (Fsp3) is 0.636. The zero-order valence-electron chi connectivity index (χ0n) is 10.6. The smallest absolute Gasteiger partial charge is 0.257 e. The van der Waals surface area contributed by atoms with Crippen molar-refractivity contribution in [1.82, 2.24) is 15.5 Å². The normalized spacial score (nSPS) is 23.2. The van der Waals surface area contributed by atoms with E-state index in [1.807, 2.05) is 0 Å². The van der Waals surface area contributed by atoms with Gasteiger partial charge >= 0.3 is 0 Å². The van der Waals surface area contributed by atoms with Gasteiger partial charge in [-0.2, -0.15) is 5.10 Å². The second-order valence-corrected chi connectivity index (χ2v) is 4.48. The molecule has 4 N–H and O–H groups in total. The molecule has 0 bridgehead atoms. The van der Waals surface area contributed by atoms with Crippen LogP contribution in [-0.4, -0.2) is 48.6 Å². The number of H-pyrrole nitrogens is 1. The Labute approximate surface area is 105 Å². The van der Waals surface area contributed by atoms with Crippen LogP contribution in [0, 0.1) is 6.92 Å². The molecular weight excluding hydrogens is 236 g/mol. The van der Waals surface area contributed by atoms with E-state index in [1.54, 1.807) is 14.0 Å². The molecule has 0 radical (unpaired) electrons. The maximum atomic E-state index is 12.0. The van der Waals surface area contributed by atoms with Crippen molar-refractivity contribution in [2.45, 2.75) is 18.9 Å². The summed E-state index contributed by atoms with van der Waals surface area (Å²) >= 11 is 0. The predicted octanol–water partition coefficient (Wildman–Crippen LogP) is -0.164. The van der Waals surface area contributed by atoms with Gasteiger partial charge in [0.1, 0.15) is 11.2 Å². The van der Waals surface area contributed by atoms with Crippen LogP contribution in [0.15, 0.2) is 0 Å². The molecule has 7 nitrogen and oxygen atoms in total. The standard InChI is InChI=1S/C11H18N4O3/c1-7-8(9(12)15-14-7)10(16)13-5-11(17-2)3-4-18-6-11/h3-6H2,1-2H3,(H,13,16)(H3,12,14,15). The van der Waals surface area contributed by atoms with Gasteiger partial charge in [0.15, 0.2) is 5.82 Å². The Kier molecular flexibility index (Phi) is 3.53. The third kappa shape index (κ3) is 2.32. The summed E-state index contributed by atoms with van der Waals surface area (Å²) in [4.78, 5) is 12.0. The molecule has 1 aliphatic heterocycles. The molecule has 18 heavy (non-hydrogen) atoms. The number of aromatic amines is 1. The van der Waals surface area contributed by atoms with Crippen LogP contribution in [0.1, 0.15) is 22.5 Å². The molecule has 0 aromatic carbocycles. The van der Waals surface area contributed by atoms with E-state index in [0.717, 1.165) is 6.42 Å². The minimum Gasteiger partial charge on any atom is -0.382 e. The summed E-state index contributed by atoms with van der Waals surface area (Å²) in [6.45, 7) is 3.29. The number of hydrogen-bond acceptors (Lipinski definition) is 5. The number of nitrogen functional groups attached to an aromatic ring is 1. The van der Waals surface area contributed by atoms with Crippen molar-refractivity contribution < 1.29 is 14.3 Å². The number of hydrogen-bond donors (Lipinski definition) is 3. The summed E-state index contributed by atoms with van der Waals surface area (Å²) in [5.41, 5.74) is 6.24. The van der Waals surface area contributed by atoms with Gasteiger partial charge < -0.3 is 20.5 Å². The van der Waals surface area contributed by atoms with Gasteiger partial charge in [-0.3, -0.25) is 9.89 Å². The quantitative estimate of drug-likeness (QED) is 0.692. The second-order valence-electron chi connectivity index (χ2n) is 4.48. The fourth-order valence-corrected chi connectivity index (χ4v) is 2.03. The molecule has 2 heterocycles. The molecule has 1 saturated heterocycles. The number of aromatic nitrogens is 2. The average Bonchev–Trinajstić information content (AvgIpc) is 2.95. The number of nitrogens with one attached hydrogen (secondary N) is 2. The molecule has 1 aromatic heterocycles. The average molecular weight is 254 g/mol. The topological polar surface area (TPSA) is 102 Å². The summed E-state index contributed by atoms with van der Waals surface area (Å²) in [7, 11) is 1.62. The van der Waals surface area contributed by atoms with Crippen molar-refractivity contribution >= 4 is 11.7 Å². The Bertz CT molecular complexity index is 418. The van der Waals surface area contributed by atoms with Crippen LogP contribution < -0.4 is 11.1 Å². The van der Waals surface area contributed by atoms with Crippen molar-refractivity contribution in [1.29, 1.82) is 0 Å². The van der Waals surface area contributed by atoms with Gasteiger partial charge in [0, 0.05) is 32.4 Å². The highest BCUT2D eigenvalue weighted by molar-refractivity contribution is 5.99. The largest absolute Gasteiger partial charge is 0.382 e. The SMILES string of the molecule is COC1(CNC(=O)c2c(N)n[nH]c2C)CCOC1. The molecule has 1 unspecified atom stereocenters. The van der Waals surface area contributed by atoms with Crippen LogP contribution in [0.25, 0.3) is 0 Å². The number of nitrogens with two attached hydrogens (primary N) is 1. The van der Waals surface area contributed by atoms with E-state index in [9.17, 15) is 4.79 Å². The van der Waals surface area contributed by atoms with Crippen LogP contribution in [0.4, 0.5) is 5.82 Å². The van der Waals surface area contributed by atoms with Crippen molar-refractivity contribution in [2.24, 2.45) is 0 Å². The van der Waals surface area contributed by atoms with E-state index in [2.05, 4.69) is 15.5 Å². The lowest BCUT2D eigenvalue weighted by Gasteiger charge is -2.25. The summed E-state index contributed by atoms with van der Waals surface area (Å²) in [6, 6.07) is 0. The van der Waals surface area contributed by atoms with Gasteiger partial charge in [0.2, 0.25) is 0 Å². The van der Waals surface area contributed by atoms with E-state index in [4.69, 9.17) is 15.2 Å². The second kappa shape index (κ2) is 4.95. The molecule has 2 rings (SSSR count).